The minimum Gasteiger partial charge on any atom is -0.466 e. The highest BCUT2D eigenvalue weighted by molar-refractivity contribution is 5.76. The highest BCUT2D eigenvalue weighted by atomic mass is 16.5. The Morgan fingerprint density at radius 2 is 0.732 bits per heavy atom. The zero-order valence-electron chi connectivity index (χ0n) is 37.9. The van der Waals surface area contributed by atoms with E-state index in [9.17, 15) is 19.8 Å². The molecule has 0 bridgehead atoms. The molecule has 0 aromatic carbocycles. The molecule has 1 amide bonds. The van der Waals surface area contributed by atoms with E-state index in [1.54, 1.807) is 0 Å². The van der Waals surface area contributed by atoms with Gasteiger partial charge < -0.3 is 20.3 Å². The lowest BCUT2D eigenvalue weighted by molar-refractivity contribution is -0.143. The molecule has 0 aromatic heterocycles. The molecule has 0 saturated heterocycles. The van der Waals surface area contributed by atoms with Crippen molar-refractivity contribution in [3.05, 3.63) is 0 Å². The Kier molecular flexibility index (Phi) is 45.6. The number of esters is 1. The van der Waals surface area contributed by atoms with Crippen LogP contribution in [-0.2, 0) is 14.3 Å². The van der Waals surface area contributed by atoms with Crippen LogP contribution >= 0.6 is 0 Å². The molecule has 0 aliphatic rings. The summed E-state index contributed by atoms with van der Waals surface area (Å²) in [7, 11) is 0. The van der Waals surface area contributed by atoms with Gasteiger partial charge in [-0.1, -0.05) is 245 Å². The van der Waals surface area contributed by atoms with Gasteiger partial charge in [0.15, 0.2) is 0 Å². The second-order valence-electron chi connectivity index (χ2n) is 17.5. The number of hydrogen-bond donors (Lipinski definition) is 3. The first-order chi connectivity index (χ1) is 27.5. The number of carbonyl (C=O) groups is 2. The van der Waals surface area contributed by atoms with Gasteiger partial charge in [0.1, 0.15) is 0 Å². The van der Waals surface area contributed by atoms with Crippen molar-refractivity contribution in [1.29, 1.82) is 0 Å². The molecule has 0 radical (unpaired) electrons. The maximum atomic E-state index is 12.4. The van der Waals surface area contributed by atoms with E-state index in [0.717, 1.165) is 57.8 Å². The molecule has 6 heteroatoms. The van der Waals surface area contributed by atoms with Gasteiger partial charge >= 0.3 is 5.97 Å². The number of unbranched alkanes of at least 4 members (excludes halogenated alkanes) is 36. The fourth-order valence-corrected chi connectivity index (χ4v) is 7.99. The smallest absolute Gasteiger partial charge is 0.305 e. The first-order valence-electron chi connectivity index (χ1n) is 25.3. The van der Waals surface area contributed by atoms with Crippen LogP contribution in [-0.4, -0.2) is 47.4 Å². The number of ether oxygens (including phenoxy) is 1. The monoisotopic (exact) mass is 794 g/mol. The van der Waals surface area contributed by atoms with E-state index in [0.29, 0.717) is 25.9 Å². The fourth-order valence-electron chi connectivity index (χ4n) is 7.99. The summed E-state index contributed by atoms with van der Waals surface area (Å²) < 4.78 is 5.45. The molecule has 0 aliphatic carbocycles. The van der Waals surface area contributed by atoms with E-state index in [1.807, 2.05) is 0 Å². The van der Waals surface area contributed by atoms with Crippen LogP contribution in [0.3, 0.4) is 0 Å². The molecule has 2 atom stereocenters. The second-order valence-corrected chi connectivity index (χ2v) is 17.5. The van der Waals surface area contributed by atoms with Gasteiger partial charge in [0.05, 0.1) is 25.4 Å². The number of aliphatic hydroxyl groups is 2. The van der Waals surface area contributed by atoms with Crippen molar-refractivity contribution < 1.29 is 24.5 Å². The molecule has 334 valence electrons. The van der Waals surface area contributed by atoms with Crippen LogP contribution < -0.4 is 5.32 Å². The minimum absolute atomic E-state index is 0.0159. The van der Waals surface area contributed by atoms with Crippen molar-refractivity contribution in [2.45, 2.75) is 296 Å². The lowest BCUT2D eigenvalue weighted by atomic mass is 10.0. The van der Waals surface area contributed by atoms with Crippen molar-refractivity contribution in [2.24, 2.45) is 0 Å². The standard InChI is InChI=1S/C50H99NO5/c1-3-5-7-9-11-13-15-17-19-20-22-26-30-34-38-42-48(53)47(46-52)51-49(54)43-39-35-31-27-24-25-29-33-37-41-45-56-50(55)44-40-36-32-28-23-21-18-16-14-12-10-8-6-4-2/h47-48,52-53H,3-46H2,1-2H3,(H,51,54). The SMILES string of the molecule is CCCCCCCCCCCCCCCCCC(O)C(CO)NC(=O)CCCCCCCCCCCCOC(=O)CCCCCCCCCCCCCCCC. The Balaban J connectivity index is 3.46. The van der Waals surface area contributed by atoms with Crippen molar-refractivity contribution in [3.63, 3.8) is 0 Å². The van der Waals surface area contributed by atoms with E-state index in [4.69, 9.17) is 4.74 Å². The molecular formula is C50H99NO5. The lowest BCUT2D eigenvalue weighted by Crippen LogP contribution is -2.45. The van der Waals surface area contributed by atoms with E-state index < -0.39 is 12.1 Å². The number of nitrogens with one attached hydrogen (secondary N) is 1. The van der Waals surface area contributed by atoms with Crippen LogP contribution in [0.5, 0.6) is 0 Å². The van der Waals surface area contributed by atoms with Gasteiger partial charge in [-0.3, -0.25) is 9.59 Å². The molecule has 0 aromatic rings. The summed E-state index contributed by atoms with van der Waals surface area (Å²) in [5.41, 5.74) is 0. The predicted molar refractivity (Wildman–Crippen MR) is 241 cm³/mol. The first kappa shape index (κ1) is 54.9. The Labute approximate surface area is 349 Å². The maximum Gasteiger partial charge on any atom is 0.305 e. The fraction of sp³-hybridized carbons (Fsp3) is 0.960. The molecule has 0 fully saturated rings. The van der Waals surface area contributed by atoms with Gasteiger partial charge in [-0.2, -0.15) is 0 Å². The van der Waals surface area contributed by atoms with Crippen LogP contribution in [0.25, 0.3) is 0 Å². The average Bonchev–Trinajstić information content (AvgIpc) is 3.20. The second kappa shape index (κ2) is 46.5. The molecule has 0 saturated carbocycles. The molecule has 2 unspecified atom stereocenters. The normalized spacial score (nSPS) is 12.6. The van der Waals surface area contributed by atoms with Gasteiger partial charge in [0.2, 0.25) is 5.91 Å². The topological polar surface area (TPSA) is 95.9 Å². The zero-order chi connectivity index (χ0) is 40.8. The molecule has 56 heavy (non-hydrogen) atoms. The predicted octanol–water partition coefficient (Wildman–Crippen LogP) is 14.8. The van der Waals surface area contributed by atoms with Crippen LogP contribution in [0.4, 0.5) is 0 Å². The van der Waals surface area contributed by atoms with Crippen molar-refractivity contribution in [1.82, 2.24) is 5.32 Å². The summed E-state index contributed by atoms with van der Waals surface area (Å²) in [5, 5.41) is 23.2. The van der Waals surface area contributed by atoms with Crippen molar-refractivity contribution in [3.8, 4) is 0 Å². The number of carbonyl (C=O) groups excluding carboxylic acids is 2. The van der Waals surface area contributed by atoms with Gasteiger partial charge in [0, 0.05) is 12.8 Å². The van der Waals surface area contributed by atoms with E-state index >= 15 is 0 Å². The molecular weight excluding hydrogens is 695 g/mol. The Morgan fingerprint density at radius 1 is 0.429 bits per heavy atom. The summed E-state index contributed by atoms with van der Waals surface area (Å²) in [4.78, 5) is 24.5. The maximum absolute atomic E-state index is 12.4. The molecule has 3 N–H and O–H groups in total. The van der Waals surface area contributed by atoms with Crippen LogP contribution in [0, 0.1) is 0 Å². The van der Waals surface area contributed by atoms with E-state index in [2.05, 4.69) is 19.2 Å². The third kappa shape index (κ3) is 42.5. The average molecular weight is 794 g/mol. The summed E-state index contributed by atoms with van der Waals surface area (Å²) in [6, 6.07) is -0.556. The number of rotatable bonds is 47. The van der Waals surface area contributed by atoms with E-state index in [1.165, 1.54) is 193 Å². The Morgan fingerprint density at radius 3 is 1.09 bits per heavy atom. The van der Waals surface area contributed by atoms with Crippen LogP contribution in [0.2, 0.25) is 0 Å². The number of amides is 1. The summed E-state index contributed by atoms with van der Waals surface area (Å²) in [6.07, 6.45) is 50.6. The first-order valence-corrected chi connectivity index (χ1v) is 25.3. The van der Waals surface area contributed by atoms with Gasteiger partial charge in [-0.15, -0.1) is 0 Å². The van der Waals surface area contributed by atoms with Gasteiger partial charge in [-0.25, -0.2) is 0 Å². The molecule has 6 nitrogen and oxygen atoms in total. The quantitative estimate of drug-likeness (QED) is 0.0421. The van der Waals surface area contributed by atoms with Crippen LogP contribution in [0.15, 0.2) is 0 Å². The minimum atomic E-state index is -0.676. The number of aliphatic hydroxyl groups excluding tert-OH is 2. The number of hydrogen-bond acceptors (Lipinski definition) is 5. The highest BCUT2D eigenvalue weighted by Crippen LogP contribution is 2.17. The lowest BCUT2D eigenvalue weighted by Gasteiger charge is -2.22. The third-order valence-electron chi connectivity index (χ3n) is 11.9. The van der Waals surface area contributed by atoms with E-state index in [-0.39, 0.29) is 18.5 Å². The van der Waals surface area contributed by atoms with Crippen LogP contribution in [0.1, 0.15) is 284 Å². The summed E-state index contributed by atoms with van der Waals surface area (Å²) in [6.45, 7) is 4.91. The zero-order valence-corrected chi connectivity index (χ0v) is 37.9. The third-order valence-corrected chi connectivity index (χ3v) is 11.9. The summed E-state index contributed by atoms with van der Waals surface area (Å²) >= 11 is 0. The Bertz CT molecular complexity index is 791. The largest absolute Gasteiger partial charge is 0.466 e. The molecule has 0 heterocycles. The van der Waals surface area contributed by atoms with Crippen molar-refractivity contribution in [2.75, 3.05) is 13.2 Å². The molecule has 0 spiro atoms. The Hall–Kier alpha value is -1.14. The van der Waals surface area contributed by atoms with Gasteiger partial charge in [0.25, 0.3) is 0 Å². The van der Waals surface area contributed by atoms with Crippen molar-refractivity contribution >= 4 is 11.9 Å². The van der Waals surface area contributed by atoms with Gasteiger partial charge in [-0.05, 0) is 25.7 Å². The highest BCUT2D eigenvalue weighted by Gasteiger charge is 2.20. The summed E-state index contributed by atoms with van der Waals surface area (Å²) in [5.74, 6) is -0.0714. The molecule has 0 rings (SSSR count). The molecule has 0 aliphatic heterocycles.